The molecule has 1 atom stereocenters. The molecule has 0 aliphatic carbocycles. The predicted octanol–water partition coefficient (Wildman–Crippen LogP) is 4.51. The number of ether oxygens (including phenoxy) is 1. The van der Waals surface area contributed by atoms with E-state index in [0.29, 0.717) is 12.5 Å². The van der Waals surface area contributed by atoms with Crippen molar-refractivity contribution in [3.05, 3.63) is 23.8 Å². The Hall–Kier alpha value is -1.05. The van der Waals surface area contributed by atoms with E-state index >= 15 is 0 Å². The molecule has 0 aliphatic heterocycles. The van der Waals surface area contributed by atoms with Gasteiger partial charge in [-0.2, -0.15) is 0 Å². The summed E-state index contributed by atoms with van der Waals surface area (Å²) in [4.78, 5) is 11.2. The summed E-state index contributed by atoms with van der Waals surface area (Å²) >= 11 is 0. The fourth-order valence-electron chi connectivity index (χ4n) is 1.68. The highest BCUT2D eigenvalue weighted by atomic mass is 16.5. The first-order chi connectivity index (χ1) is 8.45. The molecule has 18 heavy (non-hydrogen) atoms. The molecular formula is C16H28O2. The first-order valence-electron chi connectivity index (χ1n) is 6.99. The van der Waals surface area contributed by atoms with E-state index in [4.69, 9.17) is 4.74 Å². The summed E-state index contributed by atoms with van der Waals surface area (Å²) in [6, 6.07) is 0. The van der Waals surface area contributed by atoms with Crippen LogP contribution >= 0.6 is 0 Å². The van der Waals surface area contributed by atoms with Crippen LogP contribution in [0.3, 0.4) is 0 Å². The lowest BCUT2D eigenvalue weighted by Gasteiger charge is -2.07. The van der Waals surface area contributed by atoms with Gasteiger partial charge in [0.25, 0.3) is 0 Å². The SMILES string of the molecule is CCOC(=O)C=C(C)C=CC(C)CCCC(C)C. The molecule has 0 fully saturated rings. The van der Waals surface area contributed by atoms with Crippen LogP contribution < -0.4 is 0 Å². The van der Waals surface area contributed by atoms with E-state index in [1.807, 2.05) is 19.9 Å². The number of hydrogen-bond donors (Lipinski definition) is 0. The van der Waals surface area contributed by atoms with Crippen LogP contribution in [-0.2, 0) is 9.53 Å². The van der Waals surface area contributed by atoms with Crippen LogP contribution in [0.15, 0.2) is 23.8 Å². The lowest BCUT2D eigenvalue weighted by atomic mass is 9.99. The molecule has 0 aromatic heterocycles. The van der Waals surface area contributed by atoms with Crippen molar-refractivity contribution < 1.29 is 9.53 Å². The van der Waals surface area contributed by atoms with Gasteiger partial charge in [0.15, 0.2) is 0 Å². The van der Waals surface area contributed by atoms with Gasteiger partial charge in [0.2, 0.25) is 0 Å². The molecular weight excluding hydrogens is 224 g/mol. The van der Waals surface area contributed by atoms with E-state index in [-0.39, 0.29) is 5.97 Å². The van der Waals surface area contributed by atoms with Gasteiger partial charge in [0.1, 0.15) is 0 Å². The van der Waals surface area contributed by atoms with Crippen molar-refractivity contribution in [2.45, 2.75) is 53.9 Å². The van der Waals surface area contributed by atoms with Crippen LogP contribution in [0, 0.1) is 11.8 Å². The molecule has 2 nitrogen and oxygen atoms in total. The Balaban J connectivity index is 4.01. The Morgan fingerprint density at radius 2 is 1.89 bits per heavy atom. The van der Waals surface area contributed by atoms with Gasteiger partial charge in [0, 0.05) is 6.08 Å². The largest absolute Gasteiger partial charge is 0.463 e. The van der Waals surface area contributed by atoms with Gasteiger partial charge in [0.05, 0.1) is 6.61 Å². The summed E-state index contributed by atoms with van der Waals surface area (Å²) in [6.45, 7) is 10.9. The molecule has 0 rings (SSSR count). The summed E-state index contributed by atoms with van der Waals surface area (Å²) in [5, 5.41) is 0. The summed E-state index contributed by atoms with van der Waals surface area (Å²) in [5.41, 5.74) is 0.948. The molecule has 0 amide bonds. The molecule has 0 radical (unpaired) electrons. The quantitative estimate of drug-likeness (QED) is 0.361. The van der Waals surface area contributed by atoms with Gasteiger partial charge in [-0.15, -0.1) is 0 Å². The molecule has 0 spiro atoms. The summed E-state index contributed by atoms with van der Waals surface area (Å²) < 4.78 is 4.86. The molecule has 2 heteroatoms. The average Bonchev–Trinajstić information content (AvgIpc) is 2.26. The zero-order chi connectivity index (χ0) is 14.0. The monoisotopic (exact) mass is 252 g/mol. The van der Waals surface area contributed by atoms with Gasteiger partial charge < -0.3 is 4.74 Å². The first-order valence-corrected chi connectivity index (χ1v) is 6.99. The molecule has 0 saturated heterocycles. The van der Waals surface area contributed by atoms with Crippen molar-refractivity contribution in [2.75, 3.05) is 6.61 Å². The minimum Gasteiger partial charge on any atom is -0.463 e. The Morgan fingerprint density at radius 1 is 1.22 bits per heavy atom. The molecule has 0 aliphatic rings. The maximum Gasteiger partial charge on any atom is 0.330 e. The zero-order valence-corrected chi connectivity index (χ0v) is 12.5. The van der Waals surface area contributed by atoms with E-state index in [9.17, 15) is 4.79 Å². The number of carbonyl (C=O) groups is 1. The molecule has 0 N–H and O–H groups in total. The predicted molar refractivity (Wildman–Crippen MR) is 77.4 cm³/mol. The number of allylic oxidation sites excluding steroid dienone is 3. The highest BCUT2D eigenvalue weighted by Gasteiger charge is 2.00. The van der Waals surface area contributed by atoms with E-state index in [0.717, 1.165) is 11.5 Å². The van der Waals surface area contributed by atoms with Gasteiger partial charge in [-0.25, -0.2) is 4.79 Å². The first kappa shape index (κ1) is 16.9. The number of hydrogen-bond acceptors (Lipinski definition) is 2. The maximum absolute atomic E-state index is 11.2. The van der Waals surface area contributed by atoms with Crippen LogP contribution in [-0.4, -0.2) is 12.6 Å². The van der Waals surface area contributed by atoms with E-state index < -0.39 is 0 Å². The highest BCUT2D eigenvalue weighted by Crippen LogP contribution is 2.14. The number of esters is 1. The summed E-state index contributed by atoms with van der Waals surface area (Å²) in [7, 11) is 0. The van der Waals surface area contributed by atoms with E-state index in [2.05, 4.69) is 26.8 Å². The Morgan fingerprint density at radius 3 is 2.44 bits per heavy atom. The summed E-state index contributed by atoms with van der Waals surface area (Å²) in [5.74, 6) is 1.09. The van der Waals surface area contributed by atoms with Crippen molar-refractivity contribution in [3.63, 3.8) is 0 Å². The highest BCUT2D eigenvalue weighted by molar-refractivity contribution is 5.83. The van der Waals surface area contributed by atoms with Crippen LogP contribution in [0.5, 0.6) is 0 Å². The molecule has 104 valence electrons. The van der Waals surface area contributed by atoms with Crippen molar-refractivity contribution in [3.8, 4) is 0 Å². The zero-order valence-electron chi connectivity index (χ0n) is 12.5. The molecule has 0 aromatic rings. The Labute approximate surface area is 112 Å². The van der Waals surface area contributed by atoms with Crippen LogP contribution in [0.2, 0.25) is 0 Å². The van der Waals surface area contributed by atoms with Crippen molar-refractivity contribution >= 4 is 5.97 Å². The second-order valence-electron chi connectivity index (χ2n) is 5.30. The second-order valence-corrected chi connectivity index (χ2v) is 5.30. The third kappa shape index (κ3) is 10.1. The standard InChI is InChI=1S/C16H28O2/c1-6-18-16(17)12-15(5)11-10-14(4)9-7-8-13(2)3/h10-14H,6-9H2,1-5H3. The lowest BCUT2D eigenvalue weighted by molar-refractivity contribution is -0.137. The van der Waals surface area contributed by atoms with Gasteiger partial charge >= 0.3 is 5.97 Å². The van der Waals surface area contributed by atoms with Gasteiger partial charge in [-0.3, -0.25) is 0 Å². The van der Waals surface area contributed by atoms with Gasteiger partial charge in [-0.05, 0) is 37.7 Å². The summed E-state index contributed by atoms with van der Waals surface area (Å²) in [6.07, 6.45) is 9.49. The lowest BCUT2D eigenvalue weighted by Crippen LogP contribution is -2.00. The third-order valence-corrected chi connectivity index (χ3v) is 2.76. The van der Waals surface area contributed by atoms with Crippen LogP contribution in [0.1, 0.15) is 53.9 Å². The Bertz CT molecular complexity index is 287. The molecule has 0 bridgehead atoms. The smallest absolute Gasteiger partial charge is 0.330 e. The minimum absolute atomic E-state index is 0.257. The average molecular weight is 252 g/mol. The van der Waals surface area contributed by atoms with Crippen molar-refractivity contribution in [1.29, 1.82) is 0 Å². The topological polar surface area (TPSA) is 26.3 Å². The van der Waals surface area contributed by atoms with Crippen molar-refractivity contribution in [2.24, 2.45) is 11.8 Å². The minimum atomic E-state index is -0.257. The van der Waals surface area contributed by atoms with Crippen molar-refractivity contribution in [1.82, 2.24) is 0 Å². The molecule has 1 unspecified atom stereocenters. The third-order valence-electron chi connectivity index (χ3n) is 2.76. The van der Waals surface area contributed by atoms with Crippen LogP contribution in [0.25, 0.3) is 0 Å². The second kappa shape index (κ2) is 9.93. The normalized spacial score (nSPS) is 14.2. The number of carbonyl (C=O) groups excluding carboxylic acids is 1. The Kier molecular flexibility index (Phi) is 9.35. The molecule has 0 aromatic carbocycles. The molecule has 0 saturated carbocycles. The fraction of sp³-hybridized carbons (Fsp3) is 0.688. The fourth-order valence-corrected chi connectivity index (χ4v) is 1.68. The molecule has 0 heterocycles. The van der Waals surface area contributed by atoms with E-state index in [1.54, 1.807) is 6.08 Å². The van der Waals surface area contributed by atoms with E-state index in [1.165, 1.54) is 19.3 Å². The number of rotatable bonds is 8. The van der Waals surface area contributed by atoms with Gasteiger partial charge in [-0.1, -0.05) is 45.8 Å². The maximum atomic E-state index is 11.2. The van der Waals surface area contributed by atoms with Crippen LogP contribution in [0.4, 0.5) is 0 Å².